The van der Waals surface area contributed by atoms with Crippen LogP contribution in [0.3, 0.4) is 0 Å². The highest BCUT2D eigenvalue weighted by atomic mass is 79.9. The van der Waals surface area contributed by atoms with Crippen LogP contribution >= 0.6 is 15.9 Å². The molecule has 0 aromatic heterocycles. The third-order valence-corrected chi connectivity index (χ3v) is 2.16. The lowest BCUT2D eigenvalue weighted by Crippen LogP contribution is -2.06. The van der Waals surface area contributed by atoms with Gasteiger partial charge < -0.3 is 5.11 Å². The number of allylic oxidation sites excluding steroid dienone is 1. The molecule has 0 spiro atoms. The van der Waals surface area contributed by atoms with Crippen LogP contribution in [-0.4, -0.2) is 17.3 Å². The van der Waals surface area contributed by atoms with Gasteiger partial charge in [0.25, 0.3) is 6.43 Å². The molecule has 0 aliphatic heterocycles. The van der Waals surface area contributed by atoms with E-state index in [9.17, 15) is 18.7 Å². The minimum absolute atomic E-state index is 0.312. The number of aliphatic hydroxyl groups excluding tert-OH is 1. The Morgan fingerprint density at radius 1 is 1.33 bits per heavy atom. The van der Waals surface area contributed by atoms with Crippen molar-refractivity contribution in [1.29, 1.82) is 0 Å². The maximum Gasteiger partial charge on any atom is 0.300 e. The Bertz CT molecular complexity index is 385. The van der Waals surface area contributed by atoms with Gasteiger partial charge in [0, 0.05) is 16.1 Å². The summed E-state index contributed by atoms with van der Waals surface area (Å²) in [6.07, 6.45) is -2.57. The van der Waals surface area contributed by atoms with E-state index in [-0.39, 0.29) is 0 Å². The molecule has 0 aliphatic carbocycles. The zero-order chi connectivity index (χ0) is 11.4. The number of carbonyl (C=O) groups excluding carboxylic acids is 1. The molecule has 0 atom stereocenters. The summed E-state index contributed by atoms with van der Waals surface area (Å²) in [5.74, 6) is -1.87. The van der Waals surface area contributed by atoms with Crippen LogP contribution in [-0.2, 0) is 4.79 Å². The lowest BCUT2D eigenvalue weighted by Gasteiger charge is -2.00. The Hall–Kier alpha value is -1.23. The second kappa shape index (κ2) is 5.02. The number of benzene rings is 1. The molecule has 0 saturated heterocycles. The third kappa shape index (κ3) is 3.43. The molecule has 0 unspecified atom stereocenters. The molecule has 0 saturated carbocycles. The van der Waals surface area contributed by atoms with Gasteiger partial charge in [0.15, 0.2) is 0 Å². The van der Waals surface area contributed by atoms with Gasteiger partial charge in [0.1, 0.15) is 5.76 Å². The highest BCUT2D eigenvalue weighted by molar-refractivity contribution is 9.10. The van der Waals surface area contributed by atoms with Crippen LogP contribution in [0.4, 0.5) is 8.78 Å². The average molecular weight is 277 g/mol. The summed E-state index contributed by atoms with van der Waals surface area (Å²) in [6, 6.07) is 6.28. The Balaban J connectivity index is 2.89. The van der Waals surface area contributed by atoms with Crippen molar-refractivity contribution >= 4 is 27.5 Å². The van der Waals surface area contributed by atoms with E-state index < -0.39 is 18.0 Å². The van der Waals surface area contributed by atoms with Gasteiger partial charge in [-0.3, -0.25) is 4.79 Å². The lowest BCUT2D eigenvalue weighted by molar-refractivity contribution is -0.124. The summed E-state index contributed by atoms with van der Waals surface area (Å²) in [5, 5.41) is 9.32. The molecule has 1 aromatic rings. The van der Waals surface area contributed by atoms with E-state index in [1.807, 2.05) is 0 Å². The number of carbonyl (C=O) groups is 1. The van der Waals surface area contributed by atoms with Crippen LogP contribution in [0.15, 0.2) is 34.8 Å². The van der Waals surface area contributed by atoms with E-state index in [1.165, 1.54) is 12.1 Å². The number of aliphatic hydroxyl groups is 1. The summed E-state index contributed by atoms with van der Waals surface area (Å²) in [7, 11) is 0. The quantitative estimate of drug-likeness (QED) is 0.680. The number of hydrogen-bond donors (Lipinski definition) is 1. The van der Waals surface area contributed by atoms with E-state index in [2.05, 4.69) is 15.9 Å². The molecule has 5 heteroatoms. The van der Waals surface area contributed by atoms with Crippen molar-refractivity contribution in [3.63, 3.8) is 0 Å². The zero-order valence-corrected chi connectivity index (χ0v) is 9.04. The second-order valence-electron chi connectivity index (χ2n) is 2.74. The average Bonchev–Trinajstić information content (AvgIpc) is 2.18. The fourth-order valence-corrected chi connectivity index (χ4v) is 1.17. The molecular weight excluding hydrogens is 270 g/mol. The minimum Gasteiger partial charge on any atom is -0.507 e. The van der Waals surface area contributed by atoms with E-state index in [0.29, 0.717) is 11.6 Å². The summed E-state index contributed by atoms with van der Waals surface area (Å²) in [5.41, 5.74) is 0.312. The topological polar surface area (TPSA) is 37.3 Å². The molecule has 80 valence electrons. The summed E-state index contributed by atoms with van der Waals surface area (Å²) >= 11 is 3.18. The van der Waals surface area contributed by atoms with Crippen LogP contribution in [0, 0.1) is 0 Å². The smallest absolute Gasteiger partial charge is 0.300 e. The first kappa shape index (κ1) is 11.8. The van der Waals surface area contributed by atoms with Crippen molar-refractivity contribution in [2.24, 2.45) is 0 Å². The van der Waals surface area contributed by atoms with Crippen LogP contribution in [0.5, 0.6) is 0 Å². The summed E-state index contributed by atoms with van der Waals surface area (Å²) in [4.78, 5) is 10.6. The molecule has 1 rings (SSSR count). The molecule has 0 bridgehead atoms. The van der Waals surface area contributed by atoms with Gasteiger partial charge in [-0.25, -0.2) is 8.78 Å². The normalized spacial score (nSPS) is 11.9. The van der Waals surface area contributed by atoms with Gasteiger partial charge in [0.05, 0.1) is 0 Å². The fourth-order valence-electron chi connectivity index (χ4n) is 0.902. The van der Waals surface area contributed by atoms with Gasteiger partial charge >= 0.3 is 0 Å². The number of hydrogen-bond acceptors (Lipinski definition) is 2. The van der Waals surface area contributed by atoms with Crippen molar-refractivity contribution in [3.05, 3.63) is 40.4 Å². The molecule has 0 aliphatic rings. The second-order valence-corrected chi connectivity index (χ2v) is 3.66. The molecule has 0 radical (unpaired) electrons. The zero-order valence-electron chi connectivity index (χ0n) is 7.45. The fraction of sp³-hybridized carbons (Fsp3) is 0.100. The Kier molecular flexibility index (Phi) is 3.96. The van der Waals surface area contributed by atoms with Crippen LogP contribution in [0.1, 0.15) is 5.56 Å². The van der Waals surface area contributed by atoms with Gasteiger partial charge in [-0.05, 0) is 12.1 Å². The van der Waals surface area contributed by atoms with Crippen molar-refractivity contribution in [3.8, 4) is 0 Å². The van der Waals surface area contributed by atoms with Gasteiger partial charge in [-0.15, -0.1) is 0 Å². The maximum absolute atomic E-state index is 11.9. The SMILES string of the molecule is O=C(C=C(O)c1ccc(Br)cc1)C(F)F. The van der Waals surface area contributed by atoms with E-state index in [4.69, 9.17) is 0 Å². The molecule has 0 amide bonds. The molecule has 2 nitrogen and oxygen atoms in total. The van der Waals surface area contributed by atoms with Gasteiger partial charge in [-0.1, -0.05) is 28.1 Å². The van der Waals surface area contributed by atoms with Crippen LogP contribution in [0.25, 0.3) is 5.76 Å². The number of alkyl halides is 2. The van der Waals surface area contributed by atoms with Gasteiger partial charge in [0.2, 0.25) is 5.78 Å². The third-order valence-electron chi connectivity index (χ3n) is 1.63. The largest absolute Gasteiger partial charge is 0.507 e. The van der Waals surface area contributed by atoms with Crippen molar-refractivity contribution in [1.82, 2.24) is 0 Å². The van der Waals surface area contributed by atoms with E-state index >= 15 is 0 Å². The molecule has 0 heterocycles. The summed E-state index contributed by atoms with van der Waals surface area (Å²) < 4.78 is 24.5. The first-order valence-electron chi connectivity index (χ1n) is 3.99. The predicted molar refractivity (Wildman–Crippen MR) is 55.8 cm³/mol. The Morgan fingerprint density at radius 3 is 2.33 bits per heavy atom. The molecule has 15 heavy (non-hydrogen) atoms. The Labute approximate surface area is 93.4 Å². The van der Waals surface area contributed by atoms with E-state index in [1.54, 1.807) is 12.1 Å². The minimum atomic E-state index is -3.09. The van der Waals surface area contributed by atoms with Crippen LogP contribution < -0.4 is 0 Å². The van der Waals surface area contributed by atoms with Crippen molar-refractivity contribution in [2.45, 2.75) is 6.43 Å². The van der Waals surface area contributed by atoms with Crippen molar-refractivity contribution < 1.29 is 18.7 Å². The number of ketones is 1. The number of rotatable bonds is 3. The Morgan fingerprint density at radius 2 is 1.87 bits per heavy atom. The standard InChI is InChI=1S/C10H7BrF2O2/c11-7-3-1-6(2-4-7)8(14)5-9(15)10(12)13/h1-5,10,14H. The first-order valence-corrected chi connectivity index (χ1v) is 4.78. The van der Waals surface area contributed by atoms with E-state index in [0.717, 1.165) is 4.47 Å². The van der Waals surface area contributed by atoms with Crippen LogP contribution in [0.2, 0.25) is 0 Å². The molecular formula is C10H7BrF2O2. The first-order chi connectivity index (χ1) is 7.00. The molecule has 1 aromatic carbocycles. The monoisotopic (exact) mass is 276 g/mol. The summed E-state index contributed by atoms with van der Waals surface area (Å²) in [6.45, 7) is 0. The lowest BCUT2D eigenvalue weighted by atomic mass is 10.1. The molecule has 0 fully saturated rings. The predicted octanol–water partition coefficient (Wildman–Crippen LogP) is 3.18. The highest BCUT2D eigenvalue weighted by Gasteiger charge is 2.13. The van der Waals surface area contributed by atoms with Crippen molar-refractivity contribution in [2.75, 3.05) is 0 Å². The van der Waals surface area contributed by atoms with Gasteiger partial charge in [-0.2, -0.15) is 0 Å². The molecule has 1 N–H and O–H groups in total. The number of halogens is 3. The maximum atomic E-state index is 11.9. The highest BCUT2D eigenvalue weighted by Crippen LogP contribution is 2.16.